The molecule has 0 atom stereocenters. The topological polar surface area (TPSA) is 61.6 Å². The van der Waals surface area contributed by atoms with E-state index in [1.54, 1.807) is 6.08 Å². The van der Waals surface area contributed by atoms with Crippen LogP contribution in [0.3, 0.4) is 0 Å². The molecule has 1 heterocycles. The summed E-state index contributed by atoms with van der Waals surface area (Å²) in [5.41, 5.74) is 5.50. The van der Waals surface area contributed by atoms with Crippen LogP contribution in [-0.4, -0.2) is 68.1 Å². The Labute approximate surface area is 97.3 Å². The van der Waals surface area contributed by atoms with Crippen molar-refractivity contribution in [2.45, 2.75) is 0 Å². The molecule has 0 radical (unpaired) electrons. The van der Waals surface area contributed by atoms with Gasteiger partial charge in [0, 0.05) is 45.8 Å². The first-order valence-electron chi connectivity index (χ1n) is 5.78. The van der Waals surface area contributed by atoms with Crippen molar-refractivity contribution in [3.63, 3.8) is 0 Å². The van der Waals surface area contributed by atoms with Gasteiger partial charge in [0.25, 0.3) is 0 Å². The van der Waals surface area contributed by atoms with Gasteiger partial charge in [-0.25, -0.2) is 0 Å². The number of hydrogen-bond acceptors (Lipinski definition) is 4. The van der Waals surface area contributed by atoms with Crippen molar-refractivity contribution in [3.05, 3.63) is 12.7 Å². The maximum atomic E-state index is 11.4. The quantitative estimate of drug-likeness (QED) is 0.562. The summed E-state index contributed by atoms with van der Waals surface area (Å²) >= 11 is 0. The van der Waals surface area contributed by atoms with Crippen LogP contribution < -0.4 is 11.1 Å². The zero-order chi connectivity index (χ0) is 11.8. The monoisotopic (exact) mass is 226 g/mol. The number of rotatable bonds is 6. The Kier molecular flexibility index (Phi) is 6.07. The van der Waals surface area contributed by atoms with Gasteiger partial charge >= 0.3 is 0 Å². The summed E-state index contributed by atoms with van der Waals surface area (Å²) in [4.78, 5) is 15.9. The fourth-order valence-corrected chi connectivity index (χ4v) is 1.80. The third-order valence-corrected chi connectivity index (χ3v) is 2.72. The molecule has 1 fully saturated rings. The molecule has 92 valence electrons. The maximum absolute atomic E-state index is 11.4. The number of hydrogen-bond donors (Lipinski definition) is 2. The molecule has 0 saturated carbocycles. The van der Waals surface area contributed by atoms with Gasteiger partial charge in [0.15, 0.2) is 0 Å². The summed E-state index contributed by atoms with van der Waals surface area (Å²) in [6, 6.07) is 0. The van der Waals surface area contributed by atoms with E-state index in [0.717, 1.165) is 32.7 Å². The van der Waals surface area contributed by atoms with Crippen LogP contribution in [0, 0.1) is 0 Å². The van der Waals surface area contributed by atoms with Gasteiger partial charge in [0.05, 0.1) is 6.54 Å². The molecule has 5 nitrogen and oxygen atoms in total. The molecule has 1 amide bonds. The van der Waals surface area contributed by atoms with E-state index in [1.165, 1.54) is 0 Å². The third kappa shape index (κ3) is 4.74. The second-order valence-corrected chi connectivity index (χ2v) is 4.00. The Bertz CT molecular complexity index is 224. The number of carbonyl (C=O) groups excluding carboxylic acids is 1. The highest BCUT2D eigenvalue weighted by molar-refractivity contribution is 5.78. The van der Waals surface area contributed by atoms with Gasteiger partial charge in [-0.2, -0.15) is 0 Å². The van der Waals surface area contributed by atoms with Crippen LogP contribution in [0.2, 0.25) is 0 Å². The van der Waals surface area contributed by atoms with E-state index >= 15 is 0 Å². The van der Waals surface area contributed by atoms with Gasteiger partial charge in [0.1, 0.15) is 0 Å². The summed E-state index contributed by atoms with van der Waals surface area (Å²) < 4.78 is 0. The molecule has 1 aliphatic rings. The minimum Gasteiger partial charge on any atom is -0.352 e. The predicted octanol–water partition coefficient (Wildman–Crippen LogP) is -1.14. The molecule has 0 spiro atoms. The molecule has 0 bridgehead atoms. The lowest BCUT2D eigenvalue weighted by Crippen LogP contribution is -2.50. The second-order valence-electron chi connectivity index (χ2n) is 4.00. The Morgan fingerprint density at radius 1 is 1.31 bits per heavy atom. The van der Waals surface area contributed by atoms with Gasteiger partial charge in [0.2, 0.25) is 5.91 Å². The first-order chi connectivity index (χ1) is 7.76. The molecule has 3 N–H and O–H groups in total. The van der Waals surface area contributed by atoms with Crippen LogP contribution in [0.4, 0.5) is 0 Å². The fraction of sp³-hybridized carbons (Fsp3) is 0.727. The van der Waals surface area contributed by atoms with Crippen molar-refractivity contribution in [2.75, 3.05) is 52.4 Å². The van der Waals surface area contributed by atoms with Crippen LogP contribution in [0.25, 0.3) is 0 Å². The fourth-order valence-electron chi connectivity index (χ4n) is 1.80. The lowest BCUT2D eigenvalue weighted by molar-refractivity contribution is -0.122. The molecule has 5 heteroatoms. The first kappa shape index (κ1) is 13.2. The minimum atomic E-state index is 0.0761. The van der Waals surface area contributed by atoms with Gasteiger partial charge in [-0.05, 0) is 0 Å². The standard InChI is InChI=1S/C11H22N4O/c1-2-4-13-11(16)10-15-8-6-14(5-3-12)7-9-15/h2H,1,3-10,12H2,(H,13,16). The number of nitrogens with two attached hydrogens (primary N) is 1. The van der Waals surface area contributed by atoms with Crippen molar-refractivity contribution in [3.8, 4) is 0 Å². The highest BCUT2D eigenvalue weighted by atomic mass is 16.2. The van der Waals surface area contributed by atoms with Gasteiger partial charge in [-0.3, -0.25) is 14.6 Å². The molecule has 0 aromatic heterocycles. The van der Waals surface area contributed by atoms with Crippen molar-refractivity contribution in [1.29, 1.82) is 0 Å². The molecule has 0 aliphatic carbocycles. The van der Waals surface area contributed by atoms with Gasteiger partial charge in [-0.15, -0.1) is 6.58 Å². The summed E-state index contributed by atoms with van der Waals surface area (Å²) in [6.45, 7) is 10.2. The van der Waals surface area contributed by atoms with E-state index in [-0.39, 0.29) is 5.91 Å². The summed E-state index contributed by atoms with van der Waals surface area (Å²) in [5, 5.41) is 2.78. The number of nitrogens with zero attached hydrogens (tertiary/aromatic N) is 2. The van der Waals surface area contributed by atoms with E-state index in [0.29, 0.717) is 19.6 Å². The normalized spacial score (nSPS) is 18.3. The number of nitrogens with one attached hydrogen (secondary N) is 1. The van der Waals surface area contributed by atoms with Crippen LogP contribution in [0.5, 0.6) is 0 Å². The van der Waals surface area contributed by atoms with Gasteiger partial charge < -0.3 is 11.1 Å². The van der Waals surface area contributed by atoms with Crippen LogP contribution in [-0.2, 0) is 4.79 Å². The number of carbonyl (C=O) groups is 1. The molecule has 1 aliphatic heterocycles. The van der Waals surface area contributed by atoms with E-state index in [2.05, 4.69) is 21.7 Å². The average molecular weight is 226 g/mol. The lowest BCUT2D eigenvalue weighted by Gasteiger charge is -2.33. The van der Waals surface area contributed by atoms with Crippen LogP contribution in [0.1, 0.15) is 0 Å². The van der Waals surface area contributed by atoms with E-state index in [1.807, 2.05) is 0 Å². The lowest BCUT2D eigenvalue weighted by atomic mass is 10.3. The highest BCUT2D eigenvalue weighted by Gasteiger charge is 2.17. The van der Waals surface area contributed by atoms with Crippen LogP contribution >= 0.6 is 0 Å². The second kappa shape index (κ2) is 7.38. The maximum Gasteiger partial charge on any atom is 0.234 e. The zero-order valence-corrected chi connectivity index (χ0v) is 9.82. The largest absolute Gasteiger partial charge is 0.352 e. The van der Waals surface area contributed by atoms with Crippen molar-refractivity contribution in [2.24, 2.45) is 5.73 Å². The van der Waals surface area contributed by atoms with E-state index < -0.39 is 0 Å². The highest BCUT2D eigenvalue weighted by Crippen LogP contribution is 2.00. The average Bonchev–Trinajstić information content (AvgIpc) is 2.29. The van der Waals surface area contributed by atoms with Crippen molar-refractivity contribution >= 4 is 5.91 Å². The van der Waals surface area contributed by atoms with Gasteiger partial charge in [-0.1, -0.05) is 6.08 Å². The Morgan fingerprint density at radius 2 is 1.94 bits per heavy atom. The summed E-state index contributed by atoms with van der Waals surface area (Å²) in [5.74, 6) is 0.0761. The molecule has 1 saturated heterocycles. The molecular formula is C11H22N4O. The Morgan fingerprint density at radius 3 is 2.50 bits per heavy atom. The van der Waals surface area contributed by atoms with Crippen LogP contribution in [0.15, 0.2) is 12.7 Å². The molecular weight excluding hydrogens is 204 g/mol. The Balaban J connectivity index is 2.16. The SMILES string of the molecule is C=CCNC(=O)CN1CCN(CCN)CC1. The molecule has 1 rings (SSSR count). The minimum absolute atomic E-state index is 0.0761. The van der Waals surface area contributed by atoms with Crippen molar-refractivity contribution in [1.82, 2.24) is 15.1 Å². The van der Waals surface area contributed by atoms with E-state index in [9.17, 15) is 4.79 Å². The molecule has 0 aromatic rings. The molecule has 0 unspecified atom stereocenters. The molecule has 16 heavy (non-hydrogen) atoms. The number of piperazine rings is 1. The third-order valence-electron chi connectivity index (χ3n) is 2.72. The Hall–Kier alpha value is -0.910. The molecule has 0 aromatic carbocycles. The zero-order valence-electron chi connectivity index (χ0n) is 9.82. The summed E-state index contributed by atoms with van der Waals surface area (Å²) in [6.07, 6.45) is 1.69. The van der Waals surface area contributed by atoms with E-state index in [4.69, 9.17) is 5.73 Å². The summed E-state index contributed by atoms with van der Waals surface area (Å²) in [7, 11) is 0. The number of amides is 1. The van der Waals surface area contributed by atoms with Crippen molar-refractivity contribution < 1.29 is 4.79 Å². The predicted molar refractivity (Wildman–Crippen MR) is 65.1 cm³/mol. The smallest absolute Gasteiger partial charge is 0.234 e. The first-order valence-corrected chi connectivity index (χ1v) is 5.78.